The van der Waals surface area contributed by atoms with Gasteiger partial charge in [0.25, 0.3) is 0 Å². The molecule has 2 aromatic rings. The number of ether oxygens (including phenoxy) is 1. The molecule has 0 aliphatic heterocycles. The van der Waals surface area contributed by atoms with Crippen LogP contribution in [0.4, 0.5) is 4.79 Å². The number of hydrogen-bond donors (Lipinski definition) is 4. The van der Waals surface area contributed by atoms with E-state index in [1.807, 2.05) is 74.5 Å². The van der Waals surface area contributed by atoms with Gasteiger partial charge in [-0.25, -0.2) is 4.79 Å². The summed E-state index contributed by atoms with van der Waals surface area (Å²) in [6, 6.07) is 15.9. The van der Waals surface area contributed by atoms with Gasteiger partial charge in [-0.1, -0.05) is 74.5 Å². The lowest BCUT2D eigenvalue weighted by Gasteiger charge is -2.25. The molecular weight excluding hydrogens is 472 g/mol. The molecule has 37 heavy (non-hydrogen) atoms. The second kappa shape index (κ2) is 16.1. The van der Waals surface area contributed by atoms with Gasteiger partial charge < -0.3 is 31.2 Å². The zero-order valence-corrected chi connectivity index (χ0v) is 21.5. The highest BCUT2D eigenvalue weighted by Gasteiger charge is 2.29. The Morgan fingerprint density at radius 1 is 0.865 bits per heavy atom. The first-order valence-corrected chi connectivity index (χ1v) is 12.6. The predicted octanol–water partition coefficient (Wildman–Crippen LogP) is 2.48. The van der Waals surface area contributed by atoms with Crippen LogP contribution in [0.1, 0.15) is 44.2 Å². The van der Waals surface area contributed by atoms with Crippen molar-refractivity contribution in [3.63, 3.8) is 0 Å². The van der Waals surface area contributed by atoms with Gasteiger partial charge >= 0.3 is 6.09 Å². The normalized spacial score (nSPS) is 13.2. The molecule has 3 atom stereocenters. The monoisotopic (exact) mass is 510 g/mol. The SMILES string of the molecule is CC(C)C[C@H](NC(=O)OCc1ccccc1)C(=O)N[C@@H](Cc1ccccc1)C(=O)NC(C=O)CCCN. The van der Waals surface area contributed by atoms with Crippen molar-refractivity contribution in [3.05, 3.63) is 71.8 Å². The smallest absolute Gasteiger partial charge is 0.408 e. The summed E-state index contributed by atoms with van der Waals surface area (Å²) < 4.78 is 5.28. The molecule has 0 spiro atoms. The van der Waals surface area contributed by atoms with E-state index in [0.717, 1.165) is 11.1 Å². The Labute approximate surface area is 218 Å². The Kier molecular flexibility index (Phi) is 12.8. The van der Waals surface area contributed by atoms with Crippen molar-refractivity contribution in [2.24, 2.45) is 11.7 Å². The Morgan fingerprint density at radius 2 is 1.46 bits per heavy atom. The summed E-state index contributed by atoms with van der Waals surface area (Å²) in [5, 5.41) is 8.10. The van der Waals surface area contributed by atoms with E-state index in [-0.39, 0.29) is 18.9 Å². The number of hydrogen-bond acceptors (Lipinski definition) is 6. The van der Waals surface area contributed by atoms with Gasteiger partial charge in [0.05, 0.1) is 6.04 Å². The molecule has 200 valence electrons. The number of rotatable bonds is 15. The highest BCUT2D eigenvalue weighted by atomic mass is 16.5. The molecule has 9 heteroatoms. The van der Waals surface area contributed by atoms with Crippen LogP contribution in [0.5, 0.6) is 0 Å². The molecule has 1 unspecified atom stereocenters. The fourth-order valence-electron chi connectivity index (χ4n) is 3.74. The molecule has 0 aliphatic carbocycles. The molecule has 0 radical (unpaired) electrons. The fourth-order valence-corrected chi connectivity index (χ4v) is 3.74. The molecule has 0 aliphatic rings. The summed E-state index contributed by atoms with van der Waals surface area (Å²) >= 11 is 0. The third-order valence-corrected chi connectivity index (χ3v) is 5.66. The van der Waals surface area contributed by atoms with Crippen LogP contribution in [0.25, 0.3) is 0 Å². The summed E-state index contributed by atoms with van der Waals surface area (Å²) in [6.07, 6.45) is 1.48. The highest BCUT2D eigenvalue weighted by molar-refractivity contribution is 5.92. The van der Waals surface area contributed by atoms with Crippen LogP contribution in [0, 0.1) is 5.92 Å². The van der Waals surface area contributed by atoms with E-state index >= 15 is 0 Å². The van der Waals surface area contributed by atoms with Crippen molar-refractivity contribution < 1.29 is 23.9 Å². The van der Waals surface area contributed by atoms with Crippen molar-refractivity contribution in [2.45, 2.75) is 64.3 Å². The molecule has 2 rings (SSSR count). The van der Waals surface area contributed by atoms with Crippen molar-refractivity contribution >= 4 is 24.2 Å². The van der Waals surface area contributed by atoms with Gasteiger partial charge in [-0.3, -0.25) is 9.59 Å². The first kappa shape index (κ1) is 29.5. The van der Waals surface area contributed by atoms with Gasteiger partial charge in [0.15, 0.2) is 0 Å². The maximum absolute atomic E-state index is 13.3. The molecule has 2 aromatic carbocycles. The van der Waals surface area contributed by atoms with E-state index in [9.17, 15) is 19.2 Å². The first-order chi connectivity index (χ1) is 17.8. The summed E-state index contributed by atoms with van der Waals surface area (Å²) in [6.45, 7) is 4.32. The van der Waals surface area contributed by atoms with E-state index in [1.54, 1.807) is 0 Å². The van der Waals surface area contributed by atoms with Crippen LogP contribution in [-0.2, 0) is 32.1 Å². The topological polar surface area (TPSA) is 140 Å². The van der Waals surface area contributed by atoms with Gasteiger partial charge in [0.2, 0.25) is 11.8 Å². The Hall–Kier alpha value is -3.72. The second-order valence-electron chi connectivity index (χ2n) is 9.32. The minimum absolute atomic E-state index is 0.0671. The third kappa shape index (κ3) is 11.3. The number of amides is 3. The number of nitrogens with one attached hydrogen (secondary N) is 3. The zero-order chi connectivity index (χ0) is 27.0. The average molecular weight is 511 g/mol. The number of carbonyl (C=O) groups excluding carboxylic acids is 4. The van der Waals surface area contributed by atoms with E-state index in [0.29, 0.717) is 32.1 Å². The summed E-state index contributed by atoms with van der Waals surface area (Å²) in [7, 11) is 0. The van der Waals surface area contributed by atoms with Crippen molar-refractivity contribution in [1.82, 2.24) is 16.0 Å². The standard InChI is InChI=1S/C28H38N4O5/c1-20(2)16-24(32-28(36)37-19-22-12-7-4-8-13-22)27(35)31-25(17-21-10-5-3-6-11-21)26(34)30-23(18-33)14-9-15-29/h3-8,10-13,18,20,23-25H,9,14-17,19,29H2,1-2H3,(H,30,34)(H,31,35)(H,32,36)/t23?,24-,25-/m0/s1. The lowest BCUT2D eigenvalue weighted by Crippen LogP contribution is -2.56. The number of benzene rings is 2. The Morgan fingerprint density at radius 3 is 2.03 bits per heavy atom. The summed E-state index contributed by atoms with van der Waals surface area (Å²) in [4.78, 5) is 50.3. The number of alkyl carbamates (subject to hydrolysis) is 1. The highest BCUT2D eigenvalue weighted by Crippen LogP contribution is 2.09. The lowest BCUT2D eigenvalue weighted by molar-refractivity contribution is -0.131. The maximum Gasteiger partial charge on any atom is 0.408 e. The molecule has 0 heterocycles. The number of aldehydes is 1. The second-order valence-corrected chi connectivity index (χ2v) is 9.32. The van der Waals surface area contributed by atoms with E-state index in [1.165, 1.54) is 0 Å². The largest absolute Gasteiger partial charge is 0.445 e. The third-order valence-electron chi connectivity index (χ3n) is 5.66. The van der Waals surface area contributed by atoms with E-state index < -0.39 is 36.0 Å². The number of nitrogens with two attached hydrogens (primary N) is 1. The molecule has 5 N–H and O–H groups in total. The minimum atomic E-state index is -0.952. The van der Waals surface area contributed by atoms with E-state index in [4.69, 9.17) is 10.5 Å². The zero-order valence-electron chi connectivity index (χ0n) is 21.5. The molecule has 0 saturated carbocycles. The maximum atomic E-state index is 13.3. The average Bonchev–Trinajstić information content (AvgIpc) is 2.89. The van der Waals surface area contributed by atoms with Gasteiger partial charge in [-0.2, -0.15) is 0 Å². The Bertz CT molecular complexity index is 985. The van der Waals surface area contributed by atoms with Gasteiger partial charge in [0.1, 0.15) is 25.0 Å². The molecule has 9 nitrogen and oxygen atoms in total. The van der Waals surface area contributed by atoms with Crippen LogP contribution in [-0.4, -0.2) is 48.9 Å². The van der Waals surface area contributed by atoms with Crippen molar-refractivity contribution in [3.8, 4) is 0 Å². The molecule has 0 saturated heterocycles. The fraction of sp³-hybridized carbons (Fsp3) is 0.429. The van der Waals surface area contributed by atoms with Gasteiger partial charge in [-0.15, -0.1) is 0 Å². The van der Waals surface area contributed by atoms with Crippen molar-refractivity contribution in [1.29, 1.82) is 0 Å². The molecule has 0 aromatic heterocycles. The minimum Gasteiger partial charge on any atom is -0.445 e. The van der Waals surface area contributed by atoms with Crippen molar-refractivity contribution in [2.75, 3.05) is 6.54 Å². The predicted molar refractivity (Wildman–Crippen MR) is 141 cm³/mol. The van der Waals surface area contributed by atoms with Crippen LogP contribution >= 0.6 is 0 Å². The van der Waals surface area contributed by atoms with Crippen LogP contribution in [0.15, 0.2) is 60.7 Å². The number of carbonyl (C=O) groups is 4. The summed E-state index contributed by atoms with van der Waals surface area (Å²) in [5.74, 6) is -0.908. The van der Waals surface area contributed by atoms with Gasteiger partial charge in [-0.05, 0) is 42.9 Å². The van der Waals surface area contributed by atoms with Gasteiger partial charge in [0, 0.05) is 6.42 Å². The van der Waals surface area contributed by atoms with Crippen LogP contribution < -0.4 is 21.7 Å². The van der Waals surface area contributed by atoms with Crippen LogP contribution in [0.2, 0.25) is 0 Å². The molecule has 0 bridgehead atoms. The summed E-state index contributed by atoms with van der Waals surface area (Å²) in [5.41, 5.74) is 7.18. The van der Waals surface area contributed by atoms with E-state index in [2.05, 4.69) is 16.0 Å². The molecule has 0 fully saturated rings. The van der Waals surface area contributed by atoms with Crippen LogP contribution in [0.3, 0.4) is 0 Å². The quantitative estimate of drug-likeness (QED) is 0.272. The molecule has 3 amide bonds. The lowest BCUT2D eigenvalue weighted by atomic mass is 10.0. The molecular formula is C28H38N4O5. The Balaban J connectivity index is 2.11. The first-order valence-electron chi connectivity index (χ1n) is 12.6.